The summed E-state index contributed by atoms with van der Waals surface area (Å²) in [6.07, 6.45) is 2.91. The van der Waals surface area contributed by atoms with E-state index in [1.807, 2.05) is 0 Å². The fourth-order valence-corrected chi connectivity index (χ4v) is 3.26. The first-order valence-corrected chi connectivity index (χ1v) is 8.54. The average Bonchev–Trinajstić information content (AvgIpc) is 2.42. The van der Waals surface area contributed by atoms with E-state index in [-0.39, 0.29) is 5.75 Å². The number of methoxy groups -OCH3 is 1. The summed E-state index contributed by atoms with van der Waals surface area (Å²) in [7, 11) is -1.55. The van der Waals surface area contributed by atoms with E-state index < -0.39 is 10.0 Å². The van der Waals surface area contributed by atoms with Crippen LogP contribution in [0.5, 0.6) is 0 Å². The quantitative estimate of drug-likeness (QED) is 0.553. The van der Waals surface area contributed by atoms with Crippen LogP contribution in [0, 0.1) is 5.92 Å². The third-order valence-corrected chi connectivity index (χ3v) is 4.67. The van der Waals surface area contributed by atoms with Gasteiger partial charge in [-0.3, -0.25) is 0 Å². The van der Waals surface area contributed by atoms with Gasteiger partial charge >= 0.3 is 0 Å². The van der Waals surface area contributed by atoms with Crippen LogP contribution in [-0.2, 0) is 19.5 Å². The van der Waals surface area contributed by atoms with Gasteiger partial charge in [0, 0.05) is 13.7 Å². The molecule has 0 atom stereocenters. The third kappa shape index (κ3) is 8.54. The van der Waals surface area contributed by atoms with Crippen molar-refractivity contribution in [1.29, 1.82) is 0 Å². The Bertz CT molecular complexity index is 316. The Labute approximate surface area is 116 Å². The molecule has 6 nitrogen and oxygen atoms in total. The molecular weight excluding hydrogens is 268 g/mol. The first kappa shape index (κ1) is 16.8. The Kier molecular flexibility index (Phi) is 8.56. The number of sulfonamides is 1. The Hall–Kier alpha value is -0.210. The topological polar surface area (TPSA) is 76.7 Å². The molecule has 0 aromatic carbocycles. The molecule has 1 saturated heterocycles. The lowest BCUT2D eigenvalue weighted by Crippen LogP contribution is -2.33. The number of ether oxygens (including phenoxy) is 2. The van der Waals surface area contributed by atoms with E-state index in [9.17, 15) is 8.42 Å². The molecule has 1 aliphatic heterocycles. The van der Waals surface area contributed by atoms with Crippen molar-refractivity contribution >= 4 is 10.0 Å². The molecule has 0 saturated carbocycles. The molecule has 0 radical (unpaired) electrons. The molecule has 1 heterocycles. The Balaban J connectivity index is 2.06. The number of nitrogens with one attached hydrogen (secondary N) is 2. The van der Waals surface area contributed by atoms with Crippen LogP contribution in [0.25, 0.3) is 0 Å². The van der Waals surface area contributed by atoms with Gasteiger partial charge in [0.05, 0.1) is 25.6 Å². The van der Waals surface area contributed by atoms with Gasteiger partial charge in [-0.25, -0.2) is 13.1 Å². The van der Waals surface area contributed by atoms with Gasteiger partial charge in [-0.05, 0) is 38.3 Å². The van der Waals surface area contributed by atoms with Crippen molar-refractivity contribution in [2.75, 3.05) is 52.3 Å². The van der Waals surface area contributed by atoms with Gasteiger partial charge in [0.1, 0.15) is 0 Å². The van der Waals surface area contributed by atoms with Gasteiger partial charge in [-0.2, -0.15) is 0 Å². The predicted octanol–water partition coefficient (Wildman–Crippen LogP) is -0.0415. The van der Waals surface area contributed by atoms with Crippen LogP contribution in [-0.4, -0.2) is 60.7 Å². The molecule has 0 unspecified atom stereocenters. The van der Waals surface area contributed by atoms with Gasteiger partial charge in [-0.1, -0.05) is 0 Å². The van der Waals surface area contributed by atoms with Gasteiger partial charge in [0.15, 0.2) is 0 Å². The molecule has 0 aromatic heterocycles. The number of piperidine rings is 1. The minimum absolute atomic E-state index is 0.218. The van der Waals surface area contributed by atoms with Crippen molar-refractivity contribution in [2.24, 2.45) is 5.92 Å². The van der Waals surface area contributed by atoms with E-state index in [0.717, 1.165) is 32.4 Å². The van der Waals surface area contributed by atoms with Crippen LogP contribution in [0.15, 0.2) is 0 Å². The second-order valence-corrected chi connectivity index (χ2v) is 6.73. The number of hydrogen-bond donors (Lipinski definition) is 2. The summed E-state index contributed by atoms with van der Waals surface area (Å²) in [4.78, 5) is 0. The van der Waals surface area contributed by atoms with Gasteiger partial charge in [0.25, 0.3) is 0 Å². The summed E-state index contributed by atoms with van der Waals surface area (Å²) in [5.74, 6) is 0.756. The lowest BCUT2D eigenvalue weighted by atomic mass is 9.96. The van der Waals surface area contributed by atoms with Gasteiger partial charge in [0.2, 0.25) is 10.0 Å². The summed E-state index contributed by atoms with van der Waals surface area (Å²) in [5.41, 5.74) is 0. The van der Waals surface area contributed by atoms with E-state index in [1.165, 1.54) is 0 Å². The van der Waals surface area contributed by atoms with Crippen LogP contribution in [0.2, 0.25) is 0 Å². The van der Waals surface area contributed by atoms with Crippen LogP contribution in [0.1, 0.15) is 19.3 Å². The molecule has 1 fully saturated rings. The Morgan fingerprint density at radius 1 is 1.21 bits per heavy atom. The maximum Gasteiger partial charge on any atom is 0.211 e. The van der Waals surface area contributed by atoms with Crippen molar-refractivity contribution in [3.8, 4) is 0 Å². The molecule has 19 heavy (non-hydrogen) atoms. The van der Waals surface area contributed by atoms with Crippen molar-refractivity contribution < 1.29 is 17.9 Å². The first-order valence-electron chi connectivity index (χ1n) is 6.89. The monoisotopic (exact) mass is 294 g/mol. The summed E-state index contributed by atoms with van der Waals surface area (Å²) < 4.78 is 36.1. The van der Waals surface area contributed by atoms with Gasteiger partial charge in [-0.15, -0.1) is 0 Å². The molecule has 0 spiro atoms. The minimum Gasteiger partial charge on any atom is -0.382 e. The van der Waals surface area contributed by atoms with Gasteiger partial charge < -0.3 is 14.8 Å². The SMILES string of the molecule is COCCOCCNS(=O)(=O)CCC1CCNCC1. The second-order valence-electron chi connectivity index (χ2n) is 4.80. The zero-order valence-electron chi connectivity index (χ0n) is 11.7. The fourth-order valence-electron chi connectivity index (χ4n) is 2.08. The highest BCUT2D eigenvalue weighted by atomic mass is 32.2. The third-order valence-electron chi connectivity index (χ3n) is 3.25. The highest BCUT2D eigenvalue weighted by Crippen LogP contribution is 2.16. The number of rotatable bonds is 10. The summed E-state index contributed by atoms with van der Waals surface area (Å²) >= 11 is 0. The standard InChI is InChI=1S/C12H26N2O4S/c1-17-9-10-18-8-7-14-19(15,16)11-4-12-2-5-13-6-3-12/h12-14H,2-11H2,1H3. The van der Waals surface area contributed by atoms with Crippen molar-refractivity contribution in [1.82, 2.24) is 10.0 Å². The van der Waals surface area contributed by atoms with Crippen LogP contribution in [0.4, 0.5) is 0 Å². The molecule has 7 heteroatoms. The lowest BCUT2D eigenvalue weighted by molar-refractivity contribution is 0.0736. The highest BCUT2D eigenvalue weighted by Gasteiger charge is 2.17. The molecule has 114 valence electrons. The number of hydrogen-bond acceptors (Lipinski definition) is 5. The first-order chi connectivity index (χ1) is 9.14. The molecular formula is C12H26N2O4S. The molecule has 2 N–H and O–H groups in total. The Morgan fingerprint density at radius 2 is 1.95 bits per heavy atom. The van der Waals surface area contributed by atoms with Crippen molar-refractivity contribution in [2.45, 2.75) is 19.3 Å². The Morgan fingerprint density at radius 3 is 2.63 bits per heavy atom. The molecule has 1 rings (SSSR count). The molecule has 0 amide bonds. The van der Waals surface area contributed by atoms with E-state index >= 15 is 0 Å². The second kappa shape index (κ2) is 9.66. The summed E-state index contributed by atoms with van der Waals surface area (Å²) in [5, 5.41) is 3.28. The maximum atomic E-state index is 11.8. The summed E-state index contributed by atoms with van der Waals surface area (Å²) in [6.45, 7) is 3.75. The van der Waals surface area contributed by atoms with E-state index in [1.54, 1.807) is 7.11 Å². The van der Waals surface area contributed by atoms with E-state index in [2.05, 4.69) is 10.0 Å². The average molecular weight is 294 g/mol. The van der Waals surface area contributed by atoms with E-state index in [0.29, 0.717) is 32.3 Å². The van der Waals surface area contributed by atoms with Crippen molar-refractivity contribution in [3.05, 3.63) is 0 Å². The molecule has 1 aliphatic rings. The fraction of sp³-hybridized carbons (Fsp3) is 1.00. The van der Waals surface area contributed by atoms with Crippen molar-refractivity contribution in [3.63, 3.8) is 0 Å². The smallest absolute Gasteiger partial charge is 0.211 e. The lowest BCUT2D eigenvalue weighted by Gasteiger charge is -2.22. The minimum atomic E-state index is -3.16. The van der Waals surface area contributed by atoms with Crippen LogP contribution < -0.4 is 10.0 Å². The highest BCUT2D eigenvalue weighted by molar-refractivity contribution is 7.89. The maximum absolute atomic E-state index is 11.8. The van der Waals surface area contributed by atoms with E-state index in [4.69, 9.17) is 9.47 Å². The normalized spacial score (nSPS) is 17.7. The zero-order chi connectivity index (χ0) is 14.0. The predicted molar refractivity (Wildman–Crippen MR) is 74.7 cm³/mol. The molecule has 0 bridgehead atoms. The zero-order valence-corrected chi connectivity index (χ0v) is 12.5. The largest absolute Gasteiger partial charge is 0.382 e. The van der Waals surface area contributed by atoms with Crippen LogP contribution >= 0.6 is 0 Å². The molecule has 0 aliphatic carbocycles. The summed E-state index contributed by atoms with van der Waals surface area (Å²) in [6, 6.07) is 0. The molecule has 0 aromatic rings. The van der Waals surface area contributed by atoms with Crippen LogP contribution in [0.3, 0.4) is 0 Å².